The van der Waals surface area contributed by atoms with Crippen LogP contribution in [0.25, 0.3) is 0 Å². The highest BCUT2D eigenvalue weighted by Crippen LogP contribution is 2.13. The summed E-state index contributed by atoms with van der Waals surface area (Å²) >= 11 is 0. The van der Waals surface area contributed by atoms with E-state index in [1.54, 1.807) is 19.9 Å². The summed E-state index contributed by atoms with van der Waals surface area (Å²) in [6, 6.07) is 3.92. The van der Waals surface area contributed by atoms with Gasteiger partial charge in [0.25, 0.3) is 0 Å². The van der Waals surface area contributed by atoms with Crippen molar-refractivity contribution >= 4 is 17.7 Å². The second kappa shape index (κ2) is 7.47. The highest BCUT2D eigenvalue weighted by atomic mass is 19.1. The molecule has 3 N–H and O–H groups in total. The molecule has 1 rings (SSSR count). The van der Waals surface area contributed by atoms with Crippen molar-refractivity contribution in [3.8, 4) is 0 Å². The Hall–Kier alpha value is -2.11. The summed E-state index contributed by atoms with van der Waals surface area (Å²) in [7, 11) is 0. The molecule has 110 valence electrons. The number of carbonyl (C=O) groups is 2. The SMILES string of the molecule is Cc1cc(NC(=O)NCCCC(C)C(=O)O)ccc1F. The lowest BCUT2D eigenvalue weighted by Crippen LogP contribution is -2.30. The lowest BCUT2D eigenvalue weighted by Gasteiger charge is -2.09. The third-order valence-corrected chi connectivity index (χ3v) is 2.94. The molecule has 0 aromatic heterocycles. The van der Waals surface area contributed by atoms with Crippen LogP contribution in [0, 0.1) is 18.7 Å². The first-order valence-corrected chi connectivity index (χ1v) is 6.44. The molecule has 0 aliphatic rings. The standard InChI is InChI=1S/C14H19FN2O3/c1-9(13(18)19)4-3-7-16-14(20)17-11-5-6-12(15)10(2)8-11/h5-6,8-9H,3-4,7H2,1-2H3,(H,18,19)(H2,16,17,20). The van der Waals surface area contributed by atoms with E-state index >= 15 is 0 Å². The van der Waals surface area contributed by atoms with Gasteiger partial charge in [0, 0.05) is 12.2 Å². The molecule has 0 spiro atoms. The van der Waals surface area contributed by atoms with Gasteiger partial charge in [-0.15, -0.1) is 0 Å². The maximum absolute atomic E-state index is 13.0. The first-order valence-electron chi connectivity index (χ1n) is 6.44. The molecule has 1 aromatic rings. The second-order valence-electron chi connectivity index (χ2n) is 4.73. The number of anilines is 1. The number of carbonyl (C=O) groups excluding carboxylic acids is 1. The van der Waals surface area contributed by atoms with E-state index in [1.807, 2.05) is 0 Å². The Morgan fingerprint density at radius 1 is 1.40 bits per heavy atom. The van der Waals surface area contributed by atoms with Gasteiger partial charge in [-0.3, -0.25) is 4.79 Å². The van der Waals surface area contributed by atoms with Crippen LogP contribution in [-0.4, -0.2) is 23.7 Å². The lowest BCUT2D eigenvalue weighted by molar-refractivity contribution is -0.141. The van der Waals surface area contributed by atoms with E-state index < -0.39 is 11.9 Å². The predicted molar refractivity (Wildman–Crippen MR) is 74.2 cm³/mol. The number of nitrogens with one attached hydrogen (secondary N) is 2. The van der Waals surface area contributed by atoms with Crippen molar-refractivity contribution in [1.29, 1.82) is 0 Å². The number of aryl methyl sites for hydroxylation is 1. The van der Waals surface area contributed by atoms with E-state index in [0.717, 1.165) is 0 Å². The lowest BCUT2D eigenvalue weighted by atomic mass is 10.1. The predicted octanol–water partition coefficient (Wildman–Crippen LogP) is 2.76. The molecule has 6 heteroatoms. The first kappa shape index (κ1) is 15.9. The molecule has 0 aliphatic carbocycles. The molecule has 0 saturated heterocycles. The Labute approximate surface area is 117 Å². The van der Waals surface area contributed by atoms with Gasteiger partial charge < -0.3 is 15.7 Å². The molecule has 0 saturated carbocycles. The van der Waals surface area contributed by atoms with E-state index in [4.69, 9.17) is 5.11 Å². The molecule has 0 aliphatic heterocycles. The fourth-order valence-corrected chi connectivity index (χ4v) is 1.63. The number of hydrogen-bond donors (Lipinski definition) is 3. The fourth-order valence-electron chi connectivity index (χ4n) is 1.63. The monoisotopic (exact) mass is 282 g/mol. The highest BCUT2D eigenvalue weighted by molar-refractivity contribution is 5.89. The van der Waals surface area contributed by atoms with Crippen LogP contribution in [0.15, 0.2) is 18.2 Å². The summed E-state index contributed by atoms with van der Waals surface area (Å²) in [6.07, 6.45) is 1.09. The molecule has 0 radical (unpaired) electrons. The van der Waals surface area contributed by atoms with E-state index in [1.165, 1.54) is 12.1 Å². The van der Waals surface area contributed by atoms with Gasteiger partial charge in [0.05, 0.1) is 5.92 Å². The summed E-state index contributed by atoms with van der Waals surface area (Å²) in [5.41, 5.74) is 0.971. The first-order chi connectivity index (χ1) is 9.40. The molecule has 0 heterocycles. The van der Waals surface area contributed by atoms with E-state index in [9.17, 15) is 14.0 Å². The van der Waals surface area contributed by atoms with Gasteiger partial charge in [-0.25, -0.2) is 9.18 Å². The molecular weight excluding hydrogens is 263 g/mol. The Morgan fingerprint density at radius 3 is 2.70 bits per heavy atom. The number of benzene rings is 1. The largest absolute Gasteiger partial charge is 0.481 e. The van der Waals surface area contributed by atoms with Crippen LogP contribution in [0.3, 0.4) is 0 Å². The number of halogens is 1. The van der Waals surface area contributed by atoms with Gasteiger partial charge in [-0.05, 0) is 43.5 Å². The van der Waals surface area contributed by atoms with Crippen molar-refractivity contribution in [2.24, 2.45) is 5.92 Å². The van der Waals surface area contributed by atoms with Crippen molar-refractivity contribution < 1.29 is 19.1 Å². The number of aliphatic carboxylic acids is 1. The molecule has 0 fully saturated rings. The van der Waals surface area contributed by atoms with Gasteiger partial charge in [-0.1, -0.05) is 6.92 Å². The molecule has 20 heavy (non-hydrogen) atoms. The van der Waals surface area contributed by atoms with Gasteiger partial charge >= 0.3 is 12.0 Å². The fraction of sp³-hybridized carbons (Fsp3) is 0.429. The molecule has 2 amide bonds. The Balaban J connectivity index is 2.30. The number of rotatable bonds is 6. The number of urea groups is 1. The van der Waals surface area contributed by atoms with Crippen LogP contribution in [-0.2, 0) is 4.79 Å². The van der Waals surface area contributed by atoms with Gasteiger partial charge in [-0.2, -0.15) is 0 Å². The second-order valence-corrected chi connectivity index (χ2v) is 4.73. The maximum Gasteiger partial charge on any atom is 0.319 e. The van der Waals surface area contributed by atoms with Crippen molar-refractivity contribution in [2.75, 3.05) is 11.9 Å². The minimum atomic E-state index is -0.837. The Bertz CT molecular complexity index is 491. The molecule has 1 aromatic carbocycles. The topological polar surface area (TPSA) is 78.4 Å². The summed E-state index contributed by atoms with van der Waals surface area (Å²) in [5, 5.41) is 13.9. The summed E-state index contributed by atoms with van der Waals surface area (Å²) in [4.78, 5) is 22.2. The Morgan fingerprint density at radius 2 is 2.10 bits per heavy atom. The van der Waals surface area contributed by atoms with Crippen LogP contribution < -0.4 is 10.6 Å². The van der Waals surface area contributed by atoms with Crippen molar-refractivity contribution in [2.45, 2.75) is 26.7 Å². The minimum Gasteiger partial charge on any atom is -0.481 e. The molecular formula is C14H19FN2O3. The maximum atomic E-state index is 13.0. The van der Waals surface area contributed by atoms with Crippen LogP contribution in [0.5, 0.6) is 0 Å². The summed E-state index contributed by atoms with van der Waals surface area (Å²) < 4.78 is 13.0. The van der Waals surface area contributed by atoms with Crippen LogP contribution in [0.1, 0.15) is 25.3 Å². The van der Waals surface area contributed by atoms with Crippen molar-refractivity contribution in [1.82, 2.24) is 5.32 Å². The zero-order valence-corrected chi connectivity index (χ0v) is 11.6. The normalized spacial score (nSPS) is 11.8. The Kier molecular flexibility index (Phi) is 5.96. The van der Waals surface area contributed by atoms with Gasteiger partial charge in [0.15, 0.2) is 0 Å². The van der Waals surface area contributed by atoms with Gasteiger partial charge in [0.2, 0.25) is 0 Å². The van der Waals surface area contributed by atoms with Crippen molar-refractivity contribution in [3.63, 3.8) is 0 Å². The molecule has 0 bridgehead atoms. The quantitative estimate of drug-likeness (QED) is 0.702. The van der Waals surface area contributed by atoms with Crippen molar-refractivity contribution in [3.05, 3.63) is 29.6 Å². The van der Waals surface area contributed by atoms with E-state index in [2.05, 4.69) is 10.6 Å². The van der Waals surface area contributed by atoms with Crippen LogP contribution in [0.4, 0.5) is 14.9 Å². The van der Waals surface area contributed by atoms with E-state index in [0.29, 0.717) is 30.6 Å². The third kappa shape index (κ3) is 5.26. The number of carboxylic acid groups (broad SMARTS) is 1. The smallest absolute Gasteiger partial charge is 0.319 e. The minimum absolute atomic E-state index is 0.321. The average Bonchev–Trinajstić information content (AvgIpc) is 2.38. The molecule has 1 atom stereocenters. The van der Waals surface area contributed by atoms with Crippen LogP contribution >= 0.6 is 0 Å². The van der Waals surface area contributed by atoms with Crippen LogP contribution in [0.2, 0.25) is 0 Å². The summed E-state index contributed by atoms with van der Waals surface area (Å²) in [6.45, 7) is 3.64. The summed E-state index contributed by atoms with van der Waals surface area (Å²) in [5.74, 6) is -1.57. The number of hydrogen-bond acceptors (Lipinski definition) is 2. The average molecular weight is 282 g/mol. The van der Waals surface area contributed by atoms with E-state index in [-0.39, 0.29) is 11.8 Å². The third-order valence-electron chi connectivity index (χ3n) is 2.94. The zero-order valence-electron chi connectivity index (χ0n) is 11.6. The van der Waals surface area contributed by atoms with Gasteiger partial charge in [0.1, 0.15) is 5.82 Å². The number of carboxylic acids is 1. The molecule has 5 nitrogen and oxygen atoms in total. The number of amides is 2. The zero-order chi connectivity index (χ0) is 15.1. The molecule has 1 unspecified atom stereocenters. The highest BCUT2D eigenvalue weighted by Gasteiger charge is 2.10.